The molecular weight excluding hydrogens is 264 g/mol. The van der Waals surface area contributed by atoms with Crippen LogP contribution < -0.4 is 5.32 Å². The van der Waals surface area contributed by atoms with Gasteiger partial charge in [0.05, 0.1) is 0 Å². The van der Waals surface area contributed by atoms with Crippen LogP contribution in [0.4, 0.5) is 0 Å². The highest BCUT2D eigenvalue weighted by molar-refractivity contribution is 7.10. The fourth-order valence-corrected chi connectivity index (χ4v) is 4.69. The van der Waals surface area contributed by atoms with Crippen LogP contribution in [0.1, 0.15) is 54.9 Å². The van der Waals surface area contributed by atoms with E-state index >= 15 is 0 Å². The summed E-state index contributed by atoms with van der Waals surface area (Å²) in [4.78, 5) is 4.29. The van der Waals surface area contributed by atoms with E-state index in [1.807, 2.05) is 11.3 Å². The second-order valence-corrected chi connectivity index (χ2v) is 7.35. The lowest BCUT2D eigenvalue weighted by molar-refractivity contribution is 0.225. The van der Waals surface area contributed by atoms with Crippen molar-refractivity contribution in [3.63, 3.8) is 0 Å². The molecule has 1 aromatic rings. The van der Waals surface area contributed by atoms with Gasteiger partial charge in [-0.15, -0.1) is 11.3 Å². The lowest BCUT2D eigenvalue weighted by Crippen LogP contribution is -2.33. The minimum atomic E-state index is 0.778. The molecule has 2 nitrogen and oxygen atoms in total. The Hall–Kier alpha value is -0.380. The Morgan fingerprint density at radius 1 is 1.20 bits per heavy atom. The maximum Gasteiger partial charge on any atom is 0.00805 e. The Labute approximate surface area is 127 Å². The highest BCUT2D eigenvalue weighted by Crippen LogP contribution is 2.34. The van der Waals surface area contributed by atoms with Crippen molar-refractivity contribution in [1.29, 1.82) is 0 Å². The molecule has 0 bridgehead atoms. The third-order valence-electron chi connectivity index (χ3n) is 4.84. The van der Waals surface area contributed by atoms with E-state index in [0.29, 0.717) is 0 Å². The van der Waals surface area contributed by atoms with Crippen molar-refractivity contribution in [3.8, 4) is 0 Å². The Morgan fingerprint density at radius 2 is 2.10 bits per heavy atom. The number of aryl methyl sites for hydroxylation is 1. The molecule has 1 N–H and O–H groups in total. The average molecular weight is 292 g/mol. The largest absolute Gasteiger partial charge is 0.316 e. The van der Waals surface area contributed by atoms with Crippen molar-refractivity contribution in [2.45, 2.75) is 50.9 Å². The van der Waals surface area contributed by atoms with E-state index in [2.05, 4.69) is 21.7 Å². The summed E-state index contributed by atoms with van der Waals surface area (Å²) >= 11 is 1.96. The summed E-state index contributed by atoms with van der Waals surface area (Å²) in [5.41, 5.74) is 1.64. The molecule has 0 saturated carbocycles. The first kappa shape index (κ1) is 14.6. The molecule has 1 saturated heterocycles. The number of rotatable bonds is 6. The smallest absolute Gasteiger partial charge is 0.00805 e. The molecule has 2 heterocycles. The van der Waals surface area contributed by atoms with Crippen molar-refractivity contribution in [3.05, 3.63) is 21.9 Å². The predicted molar refractivity (Wildman–Crippen MR) is 87.8 cm³/mol. The van der Waals surface area contributed by atoms with E-state index < -0.39 is 0 Å². The van der Waals surface area contributed by atoms with E-state index in [-0.39, 0.29) is 0 Å². The van der Waals surface area contributed by atoms with Crippen LogP contribution >= 0.6 is 11.3 Å². The van der Waals surface area contributed by atoms with Gasteiger partial charge in [0.1, 0.15) is 0 Å². The normalized spacial score (nSPS) is 23.7. The van der Waals surface area contributed by atoms with Gasteiger partial charge in [0.25, 0.3) is 0 Å². The molecule has 1 fully saturated rings. The zero-order chi connectivity index (χ0) is 13.6. The number of thiophene rings is 1. The van der Waals surface area contributed by atoms with Crippen LogP contribution in [-0.4, -0.2) is 37.6 Å². The minimum Gasteiger partial charge on any atom is -0.316 e. The lowest BCUT2D eigenvalue weighted by atomic mass is 9.88. The van der Waals surface area contributed by atoms with Gasteiger partial charge < -0.3 is 10.2 Å². The molecule has 1 aliphatic heterocycles. The summed E-state index contributed by atoms with van der Waals surface area (Å²) in [5.74, 6) is 0.778. The lowest BCUT2D eigenvalue weighted by Gasteiger charge is -2.26. The SMILES string of the molecule is c1cc2c(s1)CCCC2CNCCCN1CCCCC1. The Balaban J connectivity index is 1.32. The molecule has 1 aliphatic carbocycles. The minimum absolute atomic E-state index is 0.778. The summed E-state index contributed by atoms with van der Waals surface area (Å²) < 4.78 is 0. The van der Waals surface area contributed by atoms with Crippen molar-refractivity contribution in [2.75, 3.05) is 32.7 Å². The van der Waals surface area contributed by atoms with Gasteiger partial charge in [-0.25, -0.2) is 0 Å². The third-order valence-corrected chi connectivity index (χ3v) is 5.84. The second-order valence-electron chi connectivity index (χ2n) is 6.35. The fourth-order valence-electron chi connectivity index (χ4n) is 3.68. The van der Waals surface area contributed by atoms with E-state index in [1.54, 1.807) is 10.4 Å². The van der Waals surface area contributed by atoms with Gasteiger partial charge in [-0.1, -0.05) is 6.42 Å². The zero-order valence-electron chi connectivity index (χ0n) is 12.6. The predicted octanol–water partition coefficient (Wildman–Crippen LogP) is 3.63. The van der Waals surface area contributed by atoms with Gasteiger partial charge in [0.15, 0.2) is 0 Å². The highest BCUT2D eigenvalue weighted by Gasteiger charge is 2.20. The first-order valence-corrected chi connectivity index (χ1v) is 9.31. The van der Waals surface area contributed by atoms with Gasteiger partial charge in [-0.2, -0.15) is 0 Å². The number of hydrogen-bond donors (Lipinski definition) is 1. The molecule has 1 unspecified atom stereocenters. The first-order valence-electron chi connectivity index (χ1n) is 8.43. The summed E-state index contributed by atoms with van der Waals surface area (Å²) in [5, 5.41) is 5.98. The van der Waals surface area contributed by atoms with Gasteiger partial charge in [-0.05, 0) is 87.6 Å². The van der Waals surface area contributed by atoms with Gasteiger partial charge in [-0.3, -0.25) is 0 Å². The monoisotopic (exact) mass is 292 g/mol. The van der Waals surface area contributed by atoms with Crippen molar-refractivity contribution < 1.29 is 0 Å². The maximum absolute atomic E-state index is 3.70. The molecule has 0 spiro atoms. The number of likely N-dealkylation sites (tertiary alicyclic amines) is 1. The van der Waals surface area contributed by atoms with Crippen LogP contribution in [0.3, 0.4) is 0 Å². The van der Waals surface area contributed by atoms with Crippen LogP contribution in [0.25, 0.3) is 0 Å². The molecule has 1 aromatic heterocycles. The first-order chi connectivity index (χ1) is 9.93. The van der Waals surface area contributed by atoms with E-state index in [0.717, 1.165) is 5.92 Å². The maximum atomic E-state index is 3.70. The van der Waals surface area contributed by atoms with Crippen LogP contribution in [0.5, 0.6) is 0 Å². The molecular formula is C17H28N2S. The van der Waals surface area contributed by atoms with Gasteiger partial charge in [0, 0.05) is 11.4 Å². The van der Waals surface area contributed by atoms with E-state index in [1.165, 1.54) is 77.7 Å². The van der Waals surface area contributed by atoms with Crippen molar-refractivity contribution >= 4 is 11.3 Å². The van der Waals surface area contributed by atoms with Crippen LogP contribution in [-0.2, 0) is 6.42 Å². The standard InChI is InChI=1S/C17H28N2S/c1-2-10-19(11-3-1)12-5-9-18-14-15-6-4-7-17-16(15)8-13-20-17/h8,13,15,18H,1-7,9-12,14H2. The second kappa shape index (κ2) is 7.58. The Bertz CT molecular complexity index is 395. The average Bonchev–Trinajstić information content (AvgIpc) is 2.97. The van der Waals surface area contributed by atoms with E-state index in [4.69, 9.17) is 0 Å². The summed E-state index contributed by atoms with van der Waals surface area (Å²) in [6.45, 7) is 6.33. The number of piperidine rings is 1. The molecule has 2 aliphatic rings. The molecule has 3 rings (SSSR count). The molecule has 0 aromatic carbocycles. The molecule has 3 heteroatoms. The molecule has 0 amide bonds. The zero-order valence-corrected chi connectivity index (χ0v) is 13.4. The molecule has 0 radical (unpaired) electrons. The van der Waals surface area contributed by atoms with Crippen molar-refractivity contribution in [1.82, 2.24) is 10.2 Å². The summed E-state index contributed by atoms with van der Waals surface area (Å²) in [6.07, 6.45) is 9.66. The number of nitrogens with zero attached hydrogens (tertiary/aromatic N) is 1. The third kappa shape index (κ3) is 3.84. The van der Waals surface area contributed by atoms with Crippen molar-refractivity contribution in [2.24, 2.45) is 0 Å². The van der Waals surface area contributed by atoms with Crippen LogP contribution in [0.2, 0.25) is 0 Å². The van der Waals surface area contributed by atoms with Gasteiger partial charge in [0.2, 0.25) is 0 Å². The van der Waals surface area contributed by atoms with E-state index in [9.17, 15) is 0 Å². The summed E-state index contributed by atoms with van der Waals surface area (Å²) in [6, 6.07) is 2.36. The molecule has 112 valence electrons. The molecule has 1 atom stereocenters. The summed E-state index contributed by atoms with van der Waals surface area (Å²) in [7, 11) is 0. The van der Waals surface area contributed by atoms with Gasteiger partial charge >= 0.3 is 0 Å². The number of nitrogens with one attached hydrogen (secondary N) is 1. The van der Waals surface area contributed by atoms with Crippen LogP contribution in [0.15, 0.2) is 11.4 Å². The highest BCUT2D eigenvalue weighted by atomic mass is 32.1. The topological polar surface area (TPSA) is 15.3 Å². The molecule has 20 heavy (non-hydrogen) atoms. The van der Waals surface area contributed by atoms with Crippen LogP contribution in [0, 0.1) is 0 Å². The Morgan fingerprint density at radius 3 is 3.00 bits per heavy atom. The quantitative estimate of drug-likeness (QED) is 0.805. The fraction of sp³-hybridized carbons (Fsp3) is 0.765. The Kier molecular flexibility index (Phi) is 5.51. The number of fused-ring (bicyclic) bond motifs is 1. The number of hydrogen-bond acceptors (Lipinski definition) is 3.